The van der Waals surface area contributed by atoms with Gasteiger partial charge in [0.2, 0.25) is 5.88 Å². The van der Waals surface area contributed by atoms with E-state index in [1.165, 1.54) is 0 Å². The van der Waals surface area contributed by atoms with Gasteiger partial charge in [-0.15, -0.1) is 0 Å². The first-order chi connectivity index (χ1) is 8.69. The Morgan fingerprint density at radius 3 is 2.44 bits per heavy atom. The van der Waals surface area contributed by atoms with E-state index >= 15 is 0 Å². The number of anilines is 1. The molecule has 0 aliphatic heterocycles. The summed E-state index contributed by atoms with van der Waals surface area (Å²) in [6.45, 7) is 2.05. The molecule has 2 aromatic rings. The Morgan fingerprint density at radius 1 is 1.17 bits per heavy atom. The molecule has 0 saturated heterocycles. The first-order valence-corrected chi connectivity index (χ1v) is 5.74. The van der Waals surface area contributed by atoms with Gasteiger partial charge in [0, 0.05) is 12.1 Å². The van der Waals surface area contributed by atoms with E-state index in [2.05, 4.69) is 17.2 Å². The van der Waals surface area contributed by atoms with Gasteiger partial charge in [-0.2, -0.15) is 0 Å². The van der Waals surface area contributed by atoms with Crippen LogP contribution in [0.1, 0.15) is 18.5 Å². The molecule has 2 N–H and O–H groups in total. The molecule has 0 amide bonds. The summed E-state index contributed by atoms with van der Waals surface area (Å²) in [5.74, 6) is 0.870. The third-order valence-electron chi connectivity index (χ3n) is 2.72. The number of pyridine rings is 1. The van der Waals surface area contributed by atoms with Crippen molar-refractivity contribution in [1.29, 1.82) is 0 Å². The van der Waals surface area contributed by atoms with Crippen LogP contribution in [0.2, 0.25) is 0 Å². The molecule has 4 nitrogen and oxygen atoms in total. The second-order valence-corrected chi connectivity index (χ2v) is 4.05. The Hall–Kier alpha value is -2.23. The highest BCUT2D eigenvalue weighted by Gasteiger charge is 2.05. The van der Waals surface area contributed by atoms with Crippen LogP contribution in [0.3, 0.4) is 0 Å². The van der Waals surface area contributed by atoms with Crippen LogP contribution >= 0.6 is 0 Å². The van der Waals surface area contributed by atoms with E-state index in [0.29, 0.717) is 5.88 Å². The molecule has 0 saturated carbocycles. The van der Waals surface area contributed by atoms with E-state index in [9.17, 15) is 5.11 Å². The van der Waals surface area contributed by atoms with Crippen molar-refractivity contribution in [2.75, 3.05) is 12.4 Å². The molecule has 0 bridgehead atoms. The fraction of sp³-hybridized carbons (Fsp3) is 0.214. The lowest BCUT2D eigenvalue weighted by atomic mass is 10.1. The molecule has 0 radical (unpaired) electrons. The Morgan fingerprint density at radius 2 is 1.89 bits per heavy atom. The minimum atomic E-state index is 0.140. The average Bonchev–Trinajstić information content (AvgIpc) is 2.40. The lowest BCUT2D eigenvalue weighted by Gasteiger charge is -2.15. The first-order valence-electron chi connectivity index (χ1n) is 5.74. The fourth-order valence-corrected chi connectivity index (χ4v) is 1.68. The minimum absolute atomic E-state index is 0.140. The third kappa shape index (κ3) is 2.91. The van der Waals surface area contributed by atoms with Crippen LogP contribution in [0.15, 0.2) is 42.6 Å². The number of nitrogens with one attached hydrogen (secondary N) is 1. The molecule has 1 aromatic heterocycles. The molecule has 0 aliphatic carbocycles. The highest BCUT2D eigenvalue weighted by atomic mass is 16.5. The molecule has 4 heteroatoms. The number of hydrogen-bond acceptors (Lipinski definition) is 4. The molecule has 18 heavy (non-hydrogen) atoms. The van der Waals surface area contributed by atoms with Gasteiger partial charge in [-0.1, -0.05) is 12.1 Å². The number of aromatic nitrogens is 1. The van der Waals surface area contributed by atoms with Gasteiger partial charge in [0.1, 0.15) is 5.75 Å². The Balaban J connectivity index is 2.05. The Kier molecular flexibility index (Phi) is 3.67. The summed E-state index contributed by atoms with van der Waals surface area (Å²) in [5.41, 5.74) is 2.03. The fourth-order valence-electron chi connectivity index (χ4n) is 1.68. The molecule has 0 aliphatic rings. The van der Waals surface area contributed by atoms with Gasteiger partial charge in [-0.25, -0.2) is 4.98 Å². The zero-order valence-corrected chi connectivity index (χ0v) is 10.4. The van der Waals surface area contributed by atoms with Gasteiger partial charge < -0.3 is 15.2 Å². The number of rotatable bonds is 4. The maximum atomic E-state index is 9.24. The first kappa shape index (κ1) is 12.2. The number of ether oxygens (including phenoxy) is 1. The average molecular weight is 244 g/mol. The largest absolute Gasteiger partial charge is 0.508 e. The van der Waals surface area contributed by atoms with Gasteiger partial charge in [-0.3, -0.25) is 0 Å². The summed E-state index contributed by atoms with van der Waals surface area (Å²) in [4.78, 5) is 4.13. The van der Waals surface area contributed by atoms with Crippen molar-refractivity contribution in [2.24, 2.45) is 0 Å². The number of methoxy groups -OCH3 is 1. The minimum Gasteiger partial charge on any atom is -0.508 e. The molecule has 1 heterocycles. The van der Waals surface area contributed by atoms with Crippen molar-refractivity contribution in [1.82, 2.24) is 4.98 Å². The Bertz CT molecular complexity index is 494. The van der Waals surface area contributed by atoms with Crippen LogP contribution in [0, 0.1) is 0 Å². The van der Waals surface area contributed by atoms with Crippen LogP contribution in [-0.4, -0.2) is 17.2 Å². The van der Waals surface area contributed by atoms with Crippen LogP contribution in [0.5, 0.6) is 11.6 Å². The lowest BCUT2D eigenvalue weighted by Crippen LogP contribution is -2.06. The molecule has 1 unspecified atom stereocenters. The maximum Gasteiger partial charge on any atom is 0.213 e. The summed E-state index contributed by atoms with van der Waals surface area (Å²) >= 11 is 0. The van der Waals surface area contributed by atoms with Crippen molar-refractivity contribution in [3.05, 3.63) is 48.2 Å². The SMILES string of the molecule is COc1ccc(NC(C)c2ccc(O)cc2)cn1. The van der Waals surface area contributed by atoms with Crippen molar-refractivity contribution in [3.63, 3.8) is 0 Å². The quantitative estimate of drug-likeness (QED) is 0.868. The van der Waals surface area contributed by atoms with Gasteiger partial charge in [-0.05, 0) is 30.7 Å². The zero-order valence-electron chi connectivity index (χ0n) is 10.4. The summed E-state index contributed by atoms with van der Waals surface area (Å²) in [7, 11) is 1.59. The van der Waals surface area contributed by atoms with E-state index in [1.807, 2.05) is 24.3 Å². The molecule has 94 valence electrons. The zero-order chi connectivity index (χ0) is 13.0. The van der Waals surface area contributed by atoms with Gasteiger partial charge in [0.15, 0.2) is 0 Å². The second kappa shape index (κ2) is 5.40. The number of phenolic OH excluding ortho intramolecular Hbond substituents is 1. The number of aromatic hydroxyl groups is 1. The number of nitrogens with zero attached hydrogens (tertiary/aromatic N) is 1. The van der Waals surface area contributed by atoms with Crippen molar-refractivity contribution < 1.29 is 9.84 Å². The van der Waals surface area contributed by atoms with Crippen LogP contribution in [0.4, 0.5) is 5.69 Å². The van der Waals surface area contributed by atoms with E-state index in [0.717, 1.165) is 11.3 Å². The summed E-state index contributed by atoms with van der Waals surface area (Å²) in [6, 6.07) is 11.0. The van der Waals surface area contributed by atoms with Gasteiger partial charge in [0.25, 0.3) is 0 Å². The maximum absolute atomic E-state index is 9.24. The number of benzene rings is 1. The third-order valence-corrected chi connectivity index (χ3v) is 2.72. The van der Waals surface area contributed by atoms with Crippen LogP contribution in [-0.2, 0) is 0 Å². The van der Waals surface area contributed by atoms with E-state index in [-0.39, 0.29) is 11.8 Å². The van der Waals surface area contributed by atoms with Gasteiger partial charge >= 0.3 is 0 Å². The number of hydrogen-bond donors (Lipinski definition) is 2. The molecule has 1 aromatic carbocycles. The molecular formula is C14H16N2O2. The summed E-state index contributed by atoms with van der Waals surface area (Å²) in [5, 5.41) is 12.6. The summed E-state index contributed by atoms with van der Waals surface area (Å²) in [6.07, 6.45) is 1.73. The van der Waals surface area contributed by atoms with Crippen LogP contribution in [0.25, 0.3) is 0 Å². The number of phenols is 1. The topological polar surface area (TPSA) is 54.4 Å². The Labute approximate surface area is 106 Å². The standard InChI is InChI=1S/C14H16N2O2/c1-10(11-3-6-13(17)7-4-11)16-12-5-8-14(18-2)15-9-12/h3-10,16-17H,1-2H3. The second-order valence-electron chi connectivity index (χ2n) is 4.05. The molecule has 2 rings (SSSR count). The molecule has 1 atom stereocenters. The predicted octanol–water partition coefficient (Wildman–Crippen LogP) is 2.97. The monoisotopic (exact) mass is 244 g/mol. The predicted molar refractivity (Wildman–Crippen MR) is 70.9 cm³/mol. The van der Waals surface area contributed by atoms with E-state index < -0.39 is 0 Å². The smallest absolute Gasteiger partial charge is 0.213 e. The van der Waals surface area contributed by atoms with Crippen molar-refractivity contribution >= 4 is 5.69 Å². The lowest BCUT2D eigenvalue weighted by molar-refractivity contribution is 0.398. The summed E-state index contributed by atoms with van der Waals surface area (Å²) < 4.78 is 5.01. The van der Waals surface area contributed by atoms with E-state index in [1.54, 1.807) is 25.4 Å². The molecule has 0 fully saturated rings. The van der Waals surface area contributed by atoms with Crippen molar-refractivity contribution in [3.8, 4) is 11.6 Å². The molecule has 0 spiro atoms. The van der Waals surface area contributed by atoms with Crippen LogP contribution < -0.4 is 10.1 Å². The highest BCUT2D eigenvalue weighted by Crippen LogP contribution is 2.21. The highest BCUT2D eigenvalue weighted by molar-refractivity contribution is 5.44. The van der Waals surface area contributed by atoms with Gasteiger partial charge in [0.05, 0.1) is 19.0 Å². The normalized spacial score (nSPS) is 11.9. The molecular weight excluding hydrogens is 228 g/mol. The van der Waals surface area contributed by atoms with Crippen molar-refractivity contribution in [2.45, 2.75) is 13.0 Å². The van der Waals surface area contributed by atoms with E-state index in [4.69, 9.17) is 4.74 Å².